The van der Waals surface area contributed by atoms with Crippen LogP contribution in [0.2, 0.25) is 0 Å². The van der Waals surface area contributed by atoms with Gasteiger partial charge in [-0.25, -0.2) is 4.79 Å². The molecule has 4 N–H and O–H groups in total. The second-order valence-corrected chi connectivity index (χ2v) is 17.9. The fraction of sp³-hybridized carbons (Fsp3) is 0.783. The third-order valence-corrected chi connectivity index (χ3v) is 13.3. The van der Waals surface area contributed by atoms with Crippen molar-refractivity contribution >= 4 is 23.4 Å². The highest BCUT2D eigenvalue weighted by Gasteiger charge is 2.56. The van der Waals surface area contributed by atoms with Crippen molar-refractivity contribution in [3.05, 3.63) is 36.0 Å². The normalized spacial score (nSPS) is 40.1. The van der Waals surface area contributed by atoms with Gasteiger partial charge in [0.15, 0.2) is 0 Å². The average Bonchev–Trinajstić information content (AvgIpc) is 3.23. The van der Waals surface area contributed by atoms with Gasteiger partial charge in [-0.05, 0) is 102 Å². The molecule has 4 aliphatic rings. The molecule has 1 amide bonds. The van der Waals surface area contributed by atoms with E-state index < -0.39 is 77.9 Å². The number of cyclic esters (lactones) is 1. The number of ether oxygens (including phenoxy) is 5. The zero-order valence-corrected chi connectivity index (χ0v) is 37.6. The number of amides is 1. The topological polar surface area (TPSA) is 186 Å². The zero-order chi connectivity index (χ0) is 44.3. The molecule has 0 aromatic heterocycles. The Morgan fingerprint density at radius 1 is 0.983 bits per heavy atom. The Kier molecular flexibility index (Phi) is 19.0. The van der Waals surface area contributed by atoms with Gasteiger partial charge in [0.1, 0.15) is 18.2 Å². The predicted molar refractivity (Wildman–Crippen MR) is 229 cm³/mol. The lowest BCUT2D eigenvalue weighted by molar-refractivity contribution is -0.302. The number of allylic oxidation sites excluding steroid dienone is 4. The molecular weight excluding hydrogens is 771 g/mol. The summed E-state index contributed by atoms with van der Waals surface area (Å²) in [4.78, 5) is 44.3. The summed E-state index contributed by atoms with van der Waals surface area (Å²) in [6, 6.07) is -1.11. The first-order valence-corrected chi connectivity index (χ1v) is 22.2. The number of ketones is 1. The highest BCUT2D eigenvalue weighted by Crippen LogP contribution is 2.39. The minimum atomic E-state index is -2.49. The summed E-state index contributed by atoms with van der Waals surface area (Å²) in [5.41, 5.74) is 5.65. The minimum absolute atomic E-state index is 0.0210. The molecule has 3 heterocycles. The summed E-state index contributed by atoms with van der Waals surface area (Å²) < 4.78 is 30.1. The molecule has 340 valence electrons. The average molecular weight is 846 g/mol. The number of rotatable bonds is 9. The molecule has 14 heteroatoms. The van der Waals surface area contributed by atoms with Gasteiger partial charge >= 0.3 is 5.97 Å². The van der Waals surface area contributed by atoms with Gasteiger partial charge in [0, 0.05) is 64.3 Å². The van der Waals surface area contributed by atoms with Crippen molar-refractivity contribution in [2.45, 2.75) is 167 Å². The van der Waals surface area contributed by atoms with Gasteiger partial charge < -0.3 is 49.3 Å². The van der Waals surface area contributed by atoms with Crippen molar-refractivity contribution in [2.75, 3.05) is 34.4 Å². The van der Waals surface area contributed by atoms with E-state index in [-0.39, 0.29) is 49.7 Å². The quantitative estimate of drug-likeness (QED) is 0.105. The lowest BCUT2D eigenvalue weighted by Crippen LogP contribution is -2.64. The zero-order valence-electron chi connectivity index (χ0n) is 37.6. The van der Waals surface area contributed by atoms with Gasteiger partial charge in [0.05, 0.1) is 30.5 Å². The Labute approximate surface area is 358 Å². The number of methoxy groups -OCH3 is 3. The van der Waals surface area contributed by atoms with E-state index in [0.717, 1.165) is 16.9 Å². The molecule has 2 saturated heterocycles. The van der Waals surface area contributed by atoms with Crippen molar-refractivity contribution in [1.29, 1.82) is 0 Å². The highest BCUT2D eigenvalue weighted by atomic mass is 16.7. The number of fused-ring (bicyclic) bond motifs is 3. The third kappa shape index (κ3) is 12.1. The summed E-state index contributed by atoms with van der Waals surface area (Å²) in [5, 5.41) is 39.5. The molecule has 0 unspecified atom stereocenters. The van der Waals surface area contributed by atoms with Crippen LogP contribution in [0.5, 0.6) is 0 Å². The van der Waals surface area contributed by atoms with E-state index in [2.05, 4.69) is 31.9 Å². The number of hydrazone groups is 1. The molecule has 2 bridgehead atoms. The van der Waals surface area contributed by atoms with Crippen molar-refractivity contribution in [2.24, 2.45) is 34.7 Å². The van der Waals surface area contributed by atoms with Crippen LogP contribution in [-0.2, 0) is 38.1 Å². The number of piperidine rings is 1. The lowest BCUT2D eigenvalue weighted by atomic mass is 9.81. The van der Waals surface area contributed by atoms with Gasteiger partial charge in [-0.3, -0.25) is 9.59 Å². The Morgan fingerprint density at radius 3 is 2.32 bits per heavy atom. The van der Waals surface area contributed by atoms with E-state index >= 15 is 0 Å². The maximum absolute atomic E-state index is 14.5. The van der Waals surface area contributed by atoms with Crippen LogP contribution in [0.15, 0.2) is 41.1 Å². The Balaban J connectivity index is 1.83. The summed E-state index contributed by atoms with van der Waals surface area (Å²) in [6.45, 7) is 16.2. The number of Topliss-reactive ketones (excluding diaryl/α,β-unsaturated/α-hetero) is 1. The van der Waals surface area contributed by atoms with Crippen LogP contribution in [0.25, 0.3) is 0 Å². The van der Waals surface area contributed by atoms with E-state index in [9.17, 15) is 29.7 Å². The number of aliphatic hydroxyl groups excluding tert-OH is 2. The highest BCUT2D eigenvalue weighted by molar-refractivity contribution is 6.39. The van der Waals surface area contributed by atoms with Crippen molar-refractivity contribution in [3.63, 3.8) is 0 Å². The van der Waals surface area contributed by atoms with Gasteiger partial charge in [-0.2, -0.15) is 5.10 Å². The first-order chi connectivity index (χ1) is 28.5. The van der Waals surface area contributed by atoms with Gasteiger partial charge in [0.25, 0.3) is 11.7 Å². The fourth-order valence-electron chi connectivity index (χ4n) is 9.75. The second kappa shape index (κ2) is 22.9. The molecule has 1 saturated carbocycles. The third-order valence-electron chi connectivity index (χ3n) is 13.3. The molecule has 3 aliphatic heterocycles. The number of hydrogen-bond donors (Lipinski definition) is 4. The van der Waals surface area contributed by atoms with E-state index in [4.69, 9.17) is 28.8 Å². The van der Waals surface area contributed by atoms with Crippen molar-refractivity contribution < 1.29 is 53.4 Å². The maximum Gasteiger partial charge on any atom is 0.329 e. The first kappa shape index (κ1) is 49.7. The second-order valence-electron chi connectivity index (χ2n) is 17.9. The SMILES string of the molecule is C=CC[C@@H]1/C=C(\C)C[C@H](C)C[C@H](OC)[C@H]2O[C@@](O)(C(=O)C(=O)N3CCCC[C@H]3C(=O)O[C@H](/C(C)=C/[C@@H]3CC[C@@H](O)[C@H](OC)C3)[C@H](C)[C@@H](O)C/C1=N/NCC)[C@H](C)C[C@@H]2OC. The number of nitrogens with zero attached hydrogens (tertiary/aromatic N) is 2. The van der Waals surface area contributed by atoms with Crippen LogP contribution in [0.1, 0.15) is 112 Å². The molecular formula is C46H75N3O11. The molecule has 1 aliphatic carbocycles. The standard InChI is InChI=1S/C46H75N3O11/c1-11-15-33-21-27(3)20-28(4)22-39(57-9)42-40(58-10)24-30(6)46(55,60-42)43(52)44(53)49-19-14-13-16-35(49)45(54)59-41(31(7)37(51)26-34(33)48-47-12-2)29(5)23-32-17-18-36(50)38(25-32)56-8/h11,21,23,28,30-33,35-42,47,50-51,55H,1,12-20,22,24-26H2,2-10H3/b27-21+,29-23+,48-34-/t28-,30+,31+,32-,33+,35-,36+,37-,38+,39-,40-,41+,42+,46+/m0/s1. The molecule has 14 nitrogen and oxygen atoms in total. The predicted octanol–water partition coefficient (Wildman–Crippen LogP) is 5.04. The molecule has 0 radical (unpaired) electrons. The first-order valence-electron chi connectivity index (χ1n) is 22.2. The molecule has 0 spiro atoms. The van der Waals surface area contributed by atoms with E-state index in [1.165, 1.54) is 4.90 Å². The van der Waals surface area contributed by atoms with E-state index in [1.54, 1.807) is 28.3 Å². The summed E-state index contributed by atoms with van der Waals surface area (Å²) in [7, 11) is 4.69. The maximum atomic E-state index is 14.5. The fourth-order valence-corrected chi connectivity index (χ4v) is 9.75. The summed E-state index contributed by atoms with van der Waals surface area (Å²) in [5.74, 6) is -6.91. The Hall–Kier alpha value is -2.98. The number of esters is 1. The number of aliphatic hydroxyl groups is 3. The van der Waals surface area contributed by atoms with Crippen LogP contribution in [0, 0.1) is 29.6 Å². The van der Waals surface area contributed by atoms with Crippen LogP contribution < -0.4 is 5.43 Å². The minimum Gasteiger partial charge on any atom is -0.456 e. The Bertz CT molecular complexity index is 1550. The van der Waals surface area contributed by atoms with Crippen molar-refractivity contribution in [1.82, 2.24) is 10.3 Å². The Morgan fingerprint density at radius 2 is 1.67 bits per heavy atom. The molecule has 4 rings (SSSR count). The van der Waals surface area contributed by atoms with Crippen LogP contribution >= 0.6 is 0 Å². The lowest BCUT2D eigenvalue weighted by Gasteiger charge is -2.47. The van der Waals surface area contributed by atoms with Crippen molar-refractivity contribution in [3.8, 4) is 0 Å². The number of nitrogens with one attached hydrogen (secondary N) is 1. The van der Waals surface area contributed by atoms with Crippen LogP contribution in [0.3, 0.4) is 0 Å². The molecule has 14 atom stereocenters. The monoisotopic (exact) mass is 846 g/mol. The van der Waals surface area contributed by atoms with Crippen LogP contribution in [-0.4, -0.2) is 133 Å². The summed E-state index contributed by atoms with van der Waals surface area (Å²) >= 11 is 0. The molecule has 0 aromatic carbocycles. The van der Waals surface area contributed by atoms with E-state index in [1.807, 2.05) is 32.9 Å². The van der Waals surface area contributed by atoms with Gasteiger partial charge in [-0.1, -0.05) is 44.6 Å². The molecule has 0 aromatic rings. The smallest absolute Gasteiger partial charge is 0.329 e. The number of carbonyl (C=O) groups excluding carboxylic acids is 3. The number of hydrogen-bond acceptors (Lipinski definition) is 13. The largest absolute Gasteiger partial charge is 0.456 e. The van der Waals surface area contributed by atoms with Gasteiger partial charge in [0.2, 0.25) is 5.79 Å². The number of carbonyl (C=O) groups is 3. The van der Waals surface area contributed by atoms with Crippen LogP contribution in [0.4, 0.5) is 0 Å². The molecule has 60 heavy (non-hydrogen) atoms. The van der Waals surface area contributed by atoms with Gasteiger partial charge in [-0.15, -0.1) is 6.58 Å². The van der Waals surface area contributed by atoms with E-state index in [0.29, 0.717) is 57.9 Å². The molecule has 3 fully saturated rings. The summed E-state index contributed by atoms with van der Waals surface area (Å²) in [6.07, 6.45) is 6.64.